The highest BCUT2D eigenvalue weighted by Gasteiger charge is 2.21. The molecule has 4 heteroatoms. The summed E-state index contributed by atoms with van der Waals surface area (Å²) in [7, 11) is 2.18. The molecule has 2 aliphatic rings. The molecule has 0 bridgehead atoms. The van der Waals surface area contributed by atoms with E-state index in [1.54, 1.807) is 0 Å². The molecule has 1 heterocycles. The quantitative estimate of drug-likeness (QED) is 0.864. The number of nitrogens with zero attached hydrogens (tertiary/aromatic N) is 2. The first-order valence-electron chi connectivity index (χ1n) is 9.23. The normalized spacial score (nSPS) is 19.3. The van der Waals surface area contributed by atoms with Gasteiger partial charge in [-0.05, 0) is 68.6 Å². The average Bonchev–Trinajstić information content (AvgIpc) is 2.65. The molecule has 0 atom stereocenters. The molecule has 0 radical (unpaired) electrons. The number of nitrogens with one attached hydrogen (secondary N) is 1. The fourth-order valence-corrected chi connectivity index (χ4v) is 3.43. The molecule has 0 spiro atoms. The second-order valence-electron chi connectivity index (χ2n) is 6.90. The summed E-state index contributed by atoms with van der Waals surface area (Å²) >= 11 is 0. The lowest BCUT2D eigenvalue weighted by atomic mass is 9.99. The van der Waals surface area contributed by atoms with Crippen LogP contribution in [-0.2, 0) is 4.74 Å². The van der Waals surface area contributed by atoms with E-state index in [1.165, 1.54) is 11.3 Å². The lowest BCUT2D eigenvalue weighted by Crippen LogP contribution is -2.34. The summed E-state index contributed by atoms with van der Waals surface area (Å²) in [6, 6.07) is 9.78. The maximum Gasteiger partial charge on any atom is 0.101 e. The van der Waals surface area contributed by atoms with Crippen molar-refractivity contribution in [3.63, 3.8) is 0 Å². The molecular formula is C21H27N3O. The maximum atomic E-state index is 8.90. The molecule has 0 amide bonds. The number of ether oxygens (including phenoxy) is 1. The molecule has 0 unspecified atom stereocenters. The van der Waals surface area contributed by atoms with E-state index < -0.39 is 0 Å². The minimum absolute atomic E-state index is 0.369. The van der Waals surface area contributed by atoms with Crippen molar-refractivity contribution in [1.82, 2.24) is 4.90 Å². The Hall–Kier alpha value is -2.25. The first-order chi connectivity index (χ1) is 12.2. The number of rotatable bonds is 5. The molecule has 132 valence electrons. The van der Waals surface area contributed by atoms with Crippen LogP contribution in [-0.4, -0.2) is 31.1 Å². The Kier molecular flexibility index (Phi) is 5.78. The van der Waals surface area contributed by atoms with Gasteiger partial charge >= 0.3 is 0 Å². The molecule has 0 saturated carbocycles. The summed E-state index contributed by atoms with van der Waals surface area (Å²) in [5.74, 6) is 1.14. The van der Waals surface area contributed by atoms with Crippen LogP contribution >= 0.6 is 0 Å². The van der Waals surface area contributed by atoms with E-state index >= 15 is 0 Å². The fourth-order valence-electron chi connectivity index (χ4n) is 3.43. The van der Waals surface area contributed by atoms with Crippen LogP contribution in [0.4, 0.5) is 5.69 Å². The van der Waals surface area contributed by atoms with Crippen LogP contribution in [0.2, 0.25) is 0 Å². The van der Waals surface area contributed by atoms with Gasteiger partial charge in [0.1, 0.15) is 6.10 Å². The lowest BCUT2D eigenvalue weighted by Gasteiger charge is -2.31. The SMILES string of the molecule is CCC1=C(Nc2ccc(C#N)cc2)CCC(OC2CCN(C)CC2)=C1. The third kappa shape index (κ3) is 4.64. The Morgan fingerprint density at radius 3 is 2.56 bits per heavy atom. The Balaban J connectivity index is 1.66. The molecular weight excluding hydrogens is 310 g/mol. The Bertz CT molecular complexity index is 689. The number of anilines is 1. The van der Waals surface area contributed by atoms with Crippen molar-refractivity contribution in [2.24, 2.45) is 0 Å². The number of likely N-dealkylation sites (tertiary alicyclic amines) is 1. The summed E-state index contributed by atoms with van der Waals surface area (Å²) < 4.78 is 6.28. The average molecular weight is 337 g/mol. The number of hydrogen-bond donors (Lipinski definition) is 1. The summed E-state index contributed by atoms with van der Waals surface area (Å²) in [6.07, 6.45) is 7.75. The van der Waals surface area contributed by atoms with Crippen molar-refractivity contribution in [2.45, 2.75) is 45.1 Å². The predicted octanol–water partition coefficient (Wildman–Crippen LogP) is 4.42. The van der Waals surface area contributed by atoms with Crippen molar-refractivity contribution in [3.8, 4) is 6.07 Å². The fraction of sp³-hybridized carbons (Fsp3) is 0.476. The van der Waals surface area contributed by atoms with E-state index in [-0.39, 0.29) is 0 Å². The van der Waals surface area contributed by atoms with Crippen molar-refractivity contribution < 1.29 is 4.74 Å². The smallest absolute Gasteiger partial charge is 0.101 e. The largest absolute Gasteiger partial charge is 0.495 e. The predicted molar refractivity (Wildman–Crippen MR) is 101 cm³/mol. The van der Waals surface area contributed by atoms with Gasteiger partial charge in [0, 0.05) is 30.9 Å². The van der Waals surface area contributed by atoms with Gasteiger partial charge in [0.05, 0.1) is 17.4 Å². The number of hydrogen-bond acceptors (Lipinski definition) is 4. The highest BCUT2D eigenvalue weighted by Crippen LogP contribution is 2.29. The standard InChI is InChI=1S/C21H27N3O/c1-3-17-14-20(25-19-10-12-24(2)13-11-19)8-9-21(17)23-18-6-4-16(15-22)5-7-18/h4-7,14,19,23H,3,8-13H2,1-2H3. The van der Waals surface area contributed by atoms with Crippen molar-refractivity contribution in [1.29, 1.82) is 5.26 Å². The number of allylic oxidation sites excluding steroid dienone is 4. The highest BCUT2D eigenvalue weighted by molar-refractivity contribution is 5.53. The minimum Gasteiger partial charge on any atom is -0.495 e. The molecule has 25 heavy (non-hydrogen) atoms. The van der Waals surface area contributed by atoms with Gasteiger partial charge in [0.25, 0.3) is 0 Å². The molecule has 0 aromatic heterocycles. The summed E-state index contributed by atoms with van der Waals surface area (Å²) in [4.78, 5) is 2.37. The van der Waals surface area contributed by atoms with Gasteiger partial charge in [-0.1, -0.05) is 6.92 Å². The van der Waals surface area contributed by atoms with Crippen molar-refractivity contribution >= 4 is 5.69 Å². The van der Waals surface area contributed by atoms with Gasteiger partial charge in [-0.2, -0.15) is 5.26 Å². The van der Waals surface area contributed by atoms with Gasteiger partial charge < -0.3 is 15.0 Å². The first kappa shape index (κ1) is 17.6. The molecule has 1 N–H and O–H groups in total. The van der Waals surface area contributed by atoms with Gasteiger partial charge in [0.2, 0.25) is 0 Å². The first-order valence-corrected chi connectivity index (χ1v) is 9.23. The monoisotopic (exact) mass is 337 g/mol. The maximum absolute atomic E-state index is 8.90. The van der Waals surface area contributed by atoms with Gasteiger partial charge in [-0.15, -0.1) is 0 Å². The zero-order valence-electron chi connectivity index (χ0n) is 15.2. The van der Waals surface area contributed by atoms with Crippen LogP contribution in [0.5, 0.6) is 0 Å². The highest BCUT2D eigenvalue weighted by atomic mass is 16.5. The third-order valence-electron chi connectivity index (χ3n) is 5.02. The molecule has 3 rings (SSSR count). The Morgan fingerprint density at radius 2 is 1.92 bits per heavy atom. The van der Waals surface area contributed by atoms with Crippen LogP contribution in [0.25, 0.3) is 0 Å². The summed E-state index contributed by atoms with van der Waals surface area (Å²) in [6.45, 7) is 4.44. The molecule has 1 aliphatic carbocycles. The molecule has 1 saturated heterocycles. The topological polar surface area (TPSA) is 48.3 Å². The molecule has 1 fully saturated rings. The van der Waals surface area contributed by atoms with Crippen molar-refractivity contribution in [2.75, 3.05) is 25.5 Å². The van der Waals surface area contributed by atoms with Gasteiger partial charge in [-0.3, -0.25) is 0 Å². The van der Waals surface area contributed by atoms with Gasteiger partial charge in [-0.25, -0.2) is 0 Å². The van der Waals surface area contributed by atoms with Crippen molar-refractivity contribution in [3.05, 3.63) is 52.9 Å². The number of nitriles is 1. The molecule has 1 aromatic rings. The van der Waals surface area contributed by atoms with Crippen LogP contribution in [0, 0.1) is 11.3 Å². The van der Waals surface area contributed by atoms with E-state index in [0.29, 0.717) is 11.7 Å². The molecule has 4 nitrogen and oxygen atoms in total. The minimum atomic E-state index is 0.369. The second-order valence-corrected chi connectivity index (χ2v) is 6.90. The van der Waals surface area contributed by atoms with E-state index in [0.717, 1.165) is 56.6 Å². The Labute approximate surface area is 150 Å². The van der Waals surface area contributed by atoms with Crippen LogP contribution in [0.15, 0.2) is 47.4 Å². The zero-order valence-corrected chi connectivity index (χ0v) is 15.2. The van der Waals surface area contributed by atoms with Gasteiger partial charge in [0.15, 0.2) is 0 Å². The second kappa shape index (κ2) is 8.22. The van der Waals surface area contributed by atoms with E-state index in [4.69, 9.17) is 10.00 Å². The van der Waals surface area contributed by atoms with E-state index in [2.05, 4.69) is 36.3 Å². The lowest BCUT2D eigenvalue weighted by molar-refractivity contribution is 0.0533. The van der Waals surface area contributed by atoms with Crippen LogP contribution in [0.3, 0.4) is 0 Å². The zero-order chi connectivity index (χ0) is 17.6. The third-order valence-corrected chi connectivity index (χ3v) is 5.02. The number of benzene rings is 1. The molecule has 1 aromatic carbocycles. The summed E-state index contributed by atoms with van der Waals surface area (Å²) in [5.41, 5.74) is 4.31. The number of piperidine rings is 1. The van der Waals surface area contributed by atoms with Crippen LogP contribution in [0.1, 0.15) is 44.6 Å². The van der Waals surface area contributed by atoms with Crippen LogP contribution < -0.4 is 5.32 Å². The van der Waals surface area contributed by atoms with E-state index in [1.807, 2.05) is 24.3 Å². The Morgan fingerprint density at radius 1 is 1.20 bits per heavy atom. The summed E-state index contributed by atoms with van der Waals surface area (Å²) in [5, 5.41) is 12.4. The van der Waals surface area contributed by atoms with E-state index in [9.17, 15) is 0 Å². The molecule has 1 aliphatic heterocycles.